The Morgan fingerprint density at radius 1 is 0.208 bits per heavy atom. The van der Waals surface area contributed by atoms with Crippen molar-refractivity contribution in [3.8, 4) is 0 Å². The number of esters is 15. The van der Waals surface area contributed by atoms with Crippen molar-refractivity contribution in [2.45, 2.75) is 314 Å². The Bertz CT molecular complexity index is 3660. The van der Waals surface area contributed by atoms with Crippen molar-refractivity contribution in [3.63, 3.8) is 0 Å². The molecule has 14 aliphatic carbocycles. The lowest BCUT2D eigenvalue weighted by Gasteiger charge is -2.61. The minimum atomic E-state index is -0.938. The predicted octanol–water partition coefficient (Wildman–Crippen LogP) is 14.2. The Balaban J connectivity index is 0.000000214. The first-order valence-electron chi connectivity index (χ1n) is 53.9. The summed E-state index contributed by atoms with van der Waals surface area (Å²) in [7, 11) is 11.3. The highest BCUT2D eigenvalue weighted by molar-refractivity contribution is 5.84. The smallest absolute Gasteiger partial charge is 0.312 e. The SMILES string of the molecule is COC(=O)C12CC3CC(C1)CC(C(=O)OCCOCCO[C@H](O)C14CC5CC(CC(C(=O)OC)(C5)C1)C4)(C3)C2.COC(=O)C1CCCC(C(=O)OCCOCCOC(=O)C2CCCC(C(=O)OC)CCC2)CCC1.COC(=O)C1CCCC(C(=O)OCCOCCOC(=O)C2CCCC(C(=O)OC)CCC2)CCC1.COC(=O)[C@@H]1CCCC[C@H](C(=O)OCCOCCOC(=O)[C@@H]2CCCC[C@H](C(=O)OC)CC2)CC1. The van der Waals surface area contributed by atoms with E-state index < -0.39 is 27.9 Å². The van der Waals surface area contributed by atoms with Crippen LogP contribution in [0.2, 0.25) is 0 Å². The average Bonchev–Trinajstić information content (AvgIpc) is 0.715. The Kier molecular flexibility index (Phi) is 52.2. The minimum Gasteiger partial charge on any atom is -0.469 e. The van der Waals surface area contributed by atoms with Crippen LogP contribution in [-0.4, -0.2) is 264 Å². The van der Waals surface area contributed by atoms with Crippen LogP contribution >= 0.6 is 0 Å². The summed E-state index contributed by atoms with van der Waals surface area (Å²) in [5.41, 5.74) is -1.98. The quantitative estimate of drug-likeness (QED) is 0.0257. The van der Waals surface area contributed by atoms with Crippen LogP contribution < -0.4 is 0 Å². The third-order valence-corrected chi connectivity index (χ3v) is 32.6. The lowest BCUT2D eigenvalue weighted by Crippen LogP contribution is -2.59. The second kappa shape index (κ2) is 63.0. The van der Waals surface area contributed by atoms with Crippen LogP contribution in [-0.2, 0) is 167 Å². The second-order valence-corrected chi connectivity index (χ2v) is 42.6. The van der Waals surface area contributed by atoms with E-state index in [0.717, 1.165) is 218 Å². The second-order valence-electron chi connectivity index (χ2n) is 42.6. The van der Waals surface area contributed by atoms with E-state index in [1.165, 1.54) is 56.9 Å². The molecule has 0 heterocycles. The zero-order chi connectivity index (χ0) is 104. The van der Waals surface area contributed by atoms with Crippen molar-refractivity contribution in [2.75, 3.05) is 163 Å². The average molecular weight is 2040 g/mol. The molecule has 818 valence electrons. The van der Waals surface area contributed by atoms with Crippen LogP contribution in [0.1, 0.15) is 308 Å². The first-order chi connectivity index (χ1) is 69.5. The van der Waals surface area contributed by atoms with Crippen LogP contribution in [0, 0.1) is 116 Å². The van der Waals surface area contributed by atoms with Crippen molar-refractivity contribution in [1.82, 2.24) is 0 Å². The number of hydrogen-bond donors (Lipinski definition) is 1. The molecule has 14 saturated carbocycles. The maximum Gasteiger partial charge on any atom is 0.312 e. The van der Waals surface area contributed by atoms with Gasteiger partial charge in [0.1, 0.15) is 46.2 Å². The fourth-order valence-corrected chi connectivity index (χ4v) is 25.9. The lowest BCUT2D eigenvalue weighted by molar-refractivity contribution is -0.249. The molecule has 0 aliphatic heterocycles. The highest BCUT2D eigenvalue weighted by Gasteiger charge is 2.66. The molecule has 0 aromatic heterocycles. The Morgan fingerprint density at radius 3 is 0.632 bits per heavy atom. The van der Waals surface area contributed by atoms with Crippen LogP contribution in [0.15, 0.2) is 0 Å². The number of ether oxygens (including phenoxy) is 20. The summed E-state index contributed by atoms with van der Waals surface area (Å²) < 4.78 is 105. The summed E-state index contributed by atoms with van der Waals surface area (Å²) in [5.74, 6) is -2.77. The fourth-order valence-electron chi connectivity index (χ4n) is 25.9. The van der Waals surface area contributed by atoms with Gasteiger partial charge in [-0.1, -0.05) is 77.0 Å². The number of carbonyl (C=O) groups is 15. The summed E-state index contributed by atoms with van der Waals surface area (Å²) >= 11 is 0. The van der Waals surface area contributed by atoms with Crippen LogP contribution in [0.4, 0.5) is 0 Å². The first kappa shape index (κ1) is 119. The van der Waals surface area contributed by atoms with Gasteiger partial charge in [-0.15, -0.1) is 0 Å². The molecule has 0 aromatic rings. The normalized spacial score (nSPS) is 30.6. The monoisotopic (exact) mass is 2040 g/mol. The Labute approximate surface area is 850 Å². The van der Waals surface area contributed by atoms with Gasteiger partial charge in [-0.3, -0.25) is 71.9 Å². The van der Waals surface area contributed by atoms with E-state index in [4.69, 9.17) is 94.7 Å². The standard InChI is InChI=1S/C30H44O9.3C26H42O9/c1-35-23(31)27-9-19-7-20(10-27)14-29(13-19,17-27)25(33)38-5-3-37-4-6-39-26(34)30-15-21-8-22(16-30)12-28(11-21,18-30)24(32)36-2;2*1-31-23(27)19-7-3-11-21(12-4-8-19)25(29)34-17-15-33-16-18-35-26(30)22-13-5-9-20(10-6-14-22)24(28)32-2;1-31-23(27)19-7-3-5-9-21(13-11-19)25(29)34-17-15-33-16-18-35-26(30)22-10-6-4-8-20(12-14-22)24(28)32-2/h19-22,25,33H,3-18H2,1-2H3;3*19-22H,3-18H2,1-2H3/t19?,20?,21?,22?,25-,27?,28?,29?,30?;;;19-,20+,21+,22-/m0.../s1. The number of hydrogen-bond acceptors (Lipinski definition) is 36. The molecule has 144 heavy (non-hydrogen) atoms. The topological polar surface area (TPSA) is 461 Å². The minimum absolute atomic E-state index is 0.0644. The number of methoxy groups -OCH3 is 8. The van der Waals surface area contributed by atoms with Crippen LogP contribution in [0.3, 0.4) is 0 Å². The van der Waals surface area contributed by atoms with Gasteiger partial charge in [-0.25, -0.2) is 0 Å². The molecule has 0 aromatic carbocycles. The van der Waals surface area contributed by atoms with Gasteiger partial charge in [-0.2, -0.15) is 0 Å². The van der Waals surface area contributed by atoms with Gasteiger partial charge in [0.15, 0.2) is 6.29 Å². The molecular weight excluding hydrogens is 1870 g/mol. The maximum absolute atomic E-state index is 13.2. The predicted molar refractivity (Wildman–Crippen MR) is 515 cm³/mol. The van der Waals surface area contributed by atoms with Gasteiger partial charge >= 0.3 is 89.5 Å². The molecule has 8 bridgehead atoms. The van der Waals surface area contributed by atoms with E-state index in [1.807, 2.05) is 0 Å². The summed E-state index contributed by atoms with van der Waals surface area (Å²) in [6.07, 6.45) is 36.5. The van der Waals surface area contributed by atoms with E-state index in [9.17, 15) is 77.0 Å². The molecule has 1 N–H and O–H groups in total. The van der Waals surface area contributed by atoms with Gasteiger partial charge in [0.05, 0.1) is 204 Å². The summed E-state index contributed by atoms with van der Waals surface area (Å²) in [6.45, 7) is 3.29. The van der Waals surface area contributed by atoms with Crippen molar-refractivity contribution < 1.29 is 172 Å². The van der Waals surface area contributed by atoms with E-state index >= 15 is 0 Å². The number of carbonyl (C=O) groups excluding carboxylic acids is 15. The van der Waals surface area contributed by atoms with Gasteiger partial charge in [-0.05, 0) is 255 Å². The molecule has 0 spiro atoms. The van der Waals surface area contributed by atoms with E-state index in [2.05, 4.69) is 0 Å². The first-order valence-corrected chi connectivity index (χ1v) is 53.9. The molecule has 14 fully saturated rings. The molecule has 0 saturated heterocycles. The Morgan fingerprint density at radius 2 is 0.396 bits per heavy atom. The third-order valence-electron chi connectivity index (χ3n) is 32.6. The van der Waals surface area contributed by atoms with Crippen molar-refractivity contribution in [2.24, 2.45) is 116 Å². The molecule has 14 aliphatic rings. The molecule has 36 nitrogen and oxygen atoms in total. The fraction of sp³-hybridized carbons (Fsp3) is 0.861. The number of rotatable bonds is 41. The molecule has 4 unspecified atom stereocenters. The van der Waals surface area contributed by atoms with Gasteiger partial charge in [0.2, 0.25) is 0 Å². The van der Waals surface area contributed by atoms with Crippen LogP contribution in [0.5, 0.6) is 0 Å². The van der Waals surface area contributed by atoms with Gasteiger partial charge in [0, 0.05) is 5.41 Å². The third kappa shape index (κ3) is 37.2. The summed E-state index contributed by atoms with van der Waals surface area (Å²) in [6, 6.07) is 0. The summed E-state index contributed by atoms with van der Waals surface area (Å²) in [4.78, 5) is 183. The maximum atomic E-state index is 13.2. The van der Waals surface area contributed by atoms with Gasteiger partial charge < -0.3 is 99.8 Å². The highest BCUT2D eigenvalue weighted by atomic mass is 16.6. The zero-order valence-corrected chi connectivity index (χ0v) is 87.3. The lowest BCUT2D eigenvalue weighted by atomic mass is 9.44. The van der Waals surface area contributed by atoms with Gasteiger partial charge in [0.25, 0.3) is 0 Å². The zero-order valence-electron chi connectivity index (χ0n) is 87.3. The van der Waals surface area contributed by atoms with Crippen molar-refractivity contribution in [3.05, 3.63) is 0 Å². The van der Waals surface area contributed by atoms with E-state index in [-0.39, 0.29) is 266 Å². The van der Waals surface area contributed by atoms with E-state index in [1.54, 1.807) is 0 Å². The molecule has 9 atom stereocenters. The van der Waals surface area contributed by atoms with Crippen LogP contribution in [0.25, 0.3) is 0 Å². The highest BCUT2D eigenvalue weighted by Crippen LogP contribution is 2.68. The Hall–Kier alpha value is -8.19. The van der Waals surface area contributed by atoms with Crippen molar-refractivity contribution >= 4 is 89.5 Å². The molecule has 36 heteroatoms. The summed E-state index contributed by atoms with van der Waals surface area (Å²) in [5, 5.41) is 11.1. The molecular formula is C108H170O36. The van der Waals surface area contributed by atoms with Crippen molar-refractivity contribution in [1.29, 1.82) is 0 Å². The largest absolute Gasteiger partial charge is 0.469 e. The molecule has 14 rings (SSSR count). The number of aliphatic hydroxyl groups is 1. The van der Waals surface area contributed by atoms with E-state index in [0.29, 0.717) is 114 Å². The molecule has 0 amide bonds. The molecule has 0 radical (unpaired) electrons. The number of aliphatic hydroxyl groups excluding tert-OH is 1.